The van der Waals surface area contributed by atoms with Crippen LogP contribution in [-0.4, -0.2) is 17.2 Å². The van der Waals surface area contributed by atoms with Gasteiger partial charge in [0.2, 0.25) is 0 Å². The van der Waals surface area contributed by atoms with E-state index >= 15 is 0 Å². The quantitative estimate of drug-likeness (QED) is 0.582. The van der Waals surface area contributed by atoms with Crippen LogP contribution in [0.15, 0.2) is 60.8 Å². The van der Waals surface area contributed by atoms with Gasteiger partial charge in [-0.3, -0.25) is 0 Å². The number of anilines is 1. The first-order valence-corrected chi connectivity index (χ1v) is 8.69. The van der Waals surface area contributed by atoms with E-state index in [1.807, 2.05) is 37.5 Å². The minimum Gasteiger partial charge on any atom is -0.356 e. The first kappa shape index (κ1) is 18.2. The number of hydrogen-bond acceptors (Lipinski definition) is 1. The van der Waals surface area contributed by atoms with Crippen molar-refractivity contribution in [1.82, 2.24) is 4.57 Å². The molecule has 0 aliphatic carbocycles. The molecule has 2 aromatic carbocycles. The van der Waals surface area contributed by atoms with Crippen molar-refractivity contribution in [2.24, 2.45) is 0 Å². The SMILES string of the molecule is CN(c1cc(-c2cc(F)ccc2F)cn1Cc1ccccc1)C(C)(C)C. The lowest BCUT2D eigenvalue weighted by Gasteiger charge is -2.34. The van der Waals surface area contributed by atoms with Crippen molar-refractivity contribution in [3.8, 4) is 11.1 Å². The highest BCUT2D eigenvalue weighted by Crippen LogP contribution is 2.32. The smallest absolute Gasteiger partial charge is 0.131 e. The van der Waals surface area contributed by atoms with Crippen LogP contribution in [0.4, 0.5) is 14.6 Å². The van der Waals surface area contributed by atoms with Crippen LogP contribution in [0, 0.1) is 11.6 Å². The van der Waals surface area contributed by atoms with E-state index in [0.717, 1.165) is 17.4 Å². The maximum atomic E-state index is 14.3. The maximum Gasteiger partial charge on any atom is 0.131 e. The Morgan fingerprint density at radius 1 is 0.962 bits per heavy atom. The van der Waals surface area contributed by atoms with E-state index < -0.39 is 11.6 Å². The lowest BCUT2D eigenvalue weighted by atomic mass is 10.1. The van der Waals surface area contributed by atoms with Gasteiger partial charge in [0.15, 0.2) is 0 Å². The van der Waals surface area contributed by atoms with E-state index in [2.05, 4.69) is 42.4 Å². The summed E-state index contributed by atoms with van der Waals surface area (Å²) < 4.78 is 30.0. The van der Waals surface area contributed by atoms with Crippen LogP contribution >= 0.6 is 0 Å². The van der Waals surface area contributed by atoms with Gasteiger partial charge in [0, 0.05) is 36.5 Å². The Kier molecular flexibility index (Phi) is 4.86. The van der Waals surface area contributed by atoms with Gasteiger partial charge in [0.25, 0.3) is 0 Å². The van der Waals surface area contributed by atoms with Gasteiger partial charge >= 0.3 is 0 Å². The molecule has 0 aliphatic rings. The van der Waals surface area contributed by atoms with Gasteiger partial charge in [0.1, 0.15) is 17.5 Å². The molecule has 136 valence electrons. The second-order valence-electron chi connectivity index (χ2n) is 7.55. The molecule has 1 aromatic heterocycles. The molecule has 0 N–H and O–H groups in total. The number of nitrogens with zero attached hydrogens (tertiary/aromatic N) is 2. The molecule has 0 unspecified atom stereocenters. The molecule has 26 heavy (non-hydrogen) atoms. The van der Waals surface area contributed by atoms with Gasteiger partial charge < -0.3 is 9.47 Å². The summed E-state index contributed by atoms with van der Waals surface area (Å²) in [6, 6.07) is 15.6. The van der Waals surface area contributed by atoms with Crippen LogP contribution in [0.3, 0.4) is 0 Å². The van der Waals surface area contributed by atoms with Gasteiger partial charge in [-0.2, -0.15) is 0 Å². The van der Waals surface area contributed by atoms with Gasteiger partial charge in [0.05, 0.1) is 0 Å². The number of halogens is 2. The van der Waals surface area contributed by atoms with E-state index in [1.165, 1.54) is 12.1 Å². The highest BCUT2D eigenvalue weighted by atomic mass is 19.1. The summed E-state index contributed by atoms with van der Waals surface area (Å²) in [5, 5.41) is 0. The average Bonchev–Trinajstić information content (AvgIpc) is 2.99. The monoisotopic (exact) mass is 354 g/mol. The Bertz CT molecular complexity index is 892. The predicted octanol–water partition coefficient (Wildman–Crippen LogP) is 5.72. The zero-order chi connectivity index (χ0) is 18.9. The third-order valence-corrected chi connectivity index (χ3v) is 4.66. The molecule has 0 radical (unpaired) electrons. The average molecular weight is 354 g/mol. The van der Waals surface area contributed by atoms with Crippen molar-refractivity contribution in [3.63, 3.8) is 0 Å². The molecule has 0 atom stereocenters. The Hall–Kier alpha value is -2.62. The van der Waals surface area contributed by atoms with Crippen LogP contribution < -0.4 is 4.90 Å². The molecule has 1 heterocycles. The molecule has 0 bridgehead atoms. The fourth-order valence-corrected chi connectivity index (χ4v) is 2.90. The summed E-state index contributed by atoms with van der Waals surface area (Å²) in [6.07, 6.45) is 1.89. The lowest BCUT2D eigenvalue weighted by molar-refractivity contribution is 0.525. The standard InChI is InChI=1S/C22H24F2N2/c1-22(2,3)25(4)21-12-17(19-13-18(23)10-11-20(19)24)15-26(21)14-16-8-6-5-7-9-16/h5-13,15H,14H2,1-4H3. The summed E-state index contributed by atoms with van der Waals surface area (Å²) in [5.41, 5.74) is 1.99. The van der Waals surface area contributed by atoms with Crippen molar-refractivity contribution in [2.75, 3.05) is 11.9 Å². The third-order valence-electron chi connectivity index (χ3n) is 4.66. The fraction of sp³-hybridized carbons (Fsp3) is 0.273. The van der Waals surface area contributed by atoms with Crippen molar-refractivity contribution < 1.29 is 8.78 Å². The van der Waals surface area contributed by atoms with E-state index in [4.69, 9.17) is 0 Å². The summed E-state index contributed by atoms with van der Waals surface area (Å²) in [4.78, 5) is 2.15. The maximum absolute atomic E-state index is 14.3. The van der Waals surface area contributed by atoms with Crippen molar-refractivity contribution in [2.45, 2.75) is 32.9 Å². The van der Waals surface area contributed by atoms with Crippen molar-refractivity contribution in [3.05, 3.63) is 78.0 Å². The van der Waals surface area contributed by atoms with Gasteiger partial charge in [-0.15, -0.1) is 0 Å². The minimum atomic E-state index is -0.442. The first-order valence-electron chi connectivity index (χ1n) is 8.69. The van der Waals surface area contributed by atoms with Gasteiger partial charge in [-0.1, -0.05) is 30.3 Å². The van der Waals surface area contributed by atoms with Crippen molar-refractivity contribution >= 4 is 5.82 Å². The van der Waals surface area contributed by atoms with Crippen LogP contribution in [0.1, 0.15) is 26.3 Å². The molecule has 0 saturated heterocycles. The first-order chi connectivity index (χ1) is 12.3. The normalized spacial score (nSPS) is 11.6. The summed E-state index contributed by atoms with van der Waals surface area (Å²) in [6.45, 7) is 7.02. The van der Waals surface area contributed by atoms with Crippen LogP contribution in [0.25, 0.3) is 11.1 Å². The van der Waals surface area contributed by atoms with E-state index in [9.17, 15) is 8.78 Å². The molecule has 2 nitrogen and oxygen atoms in total. The molecule has 3 aromatic rings. The van der Waals surface area contributed by atoms with Crippen LogP contribution in [-0.2, 0) is 6.54 Å². The second-order valence-corrected chi connectivity index (χ2v) is 7.55. The highest BCUT2D eigenvalue weighted by Gasteiger charge is 2.22. The Labute approximate surface area is 153 Å². The summed E-state index contributed by atoms with van der Waals surface area (Å²) in [7, 11) is 2.02. The second kappa shape index (κ2) is 6.94. The predicted molar refractivity (Wildman–Crippen MR) is 103 cm³/mol. The minimum absolute atomic E-state index is 0.107. The number of aromatic nitrogens is 1. The Morgan fingerprint density at radius 3 is 2.31 bits per heavy atom. The van der Waals surface area contributed by atoms with E-state index in [-0.39, 0.29) is 11.1 Å². The van der Waals surface area contributed by atoms with Crippen LogP contribution in [0.5, 0.6) is 0 Å². The molecule has 0 aliphatic heterocycles. The molecule has 4 heteroatoms. The molecule has 0 spiro atoms. The lowest BCUT2D eigenvalue weighted by Crippen LogP contribution is -2.39. The fourth-order valence-electron chi connectivity index (χ4n) is 2.90. The Balaban J connectivity index is 2.09. The molecule has 3 rings (SSSR count). The summed E-state index contributed by atoms with van der Waals surface area (Å²) in [5.74, 6) is 0.0937. The molecular weight excluding hydrogens is 330 g/mol. The van der Waals surface area contributed by atoms with E-state index in [1.54, 1.807) is 0 Å². The highest BCUT2D eigenvalue weighted by molar-refractivity contribution is 5.69. The van der Waals surface area contributed by atoms with E-state index in [0.29, 0.717) is 12.1 Å². The molecular formula is C22H24F2N2. The third kappa shape index (κ3) is 3.79. The molecule has 0 saturated carbocycles. The zero-order valence-corrected chi connectivity index (χ0v) is 15.6. The molecule has 0 amide bonds. The summed E-state index contributed by atoms with van der Waals surface area (Å²) >= 11 is 0. The van der Waals surface area contributed by atoms with Crippen LogP contribution in [0.2, 0.25) is 0 Å². The number of hydrogen-bond donors (Lipinski definition) is 0. The Morgan fingerprint density at radius 2 is 1.65 bits per heavy atom. The van der Waals surface area contributed by atoms with Gasteiger partial charge in [-0.05, 0) is 50.6 Å². The molecule has 0 fully saturated rings. The number of rotatable bonds is 4. The zero-order valence-electron chi connectivity index (χ0n) is 15.6. The van der Waals surface area contributed by atoms with Crippen molar-refractivity contribution in [1.29, 1.82) is 0 Å². The number of benzene rings is 2. The topological polar surface area (TPSA) is 8.17 Å². The largest absolute Gasteiger partial charge is 0.356 e. The van der Waals surface area contributed by atoms with Gasteiger partial charge in [-0.25, -0.2) is 8.78 Å².